The third-order valence-corrected chi connectivity index (χ3v) is 6.12. The molecule has 1 aromatic carbocycles. The van der Waals surface area contributed by atoms with E-state index in [-0.39, 0.29) is 17.9 Å². The van der Waals surface area contributed by atoms with Crippen LogP contribution in [0, 0.1) is 13.8 Å². The zero-order valence-electron chi connectivity index (χ0n) is 20.2. The van der Waals surface area contributed by atoms with Crippen LogP contribution in [-0.4, -0.2) is 65.7 Å². The highest BCUT2D eigenvalue weighted by Gasteiger charge is 2.40. The van der Waals surface area contributed by atoms with Gasteiger partial charge in [-0.15, -0.1) is 0 Å². The SMILES string of the molecule is Cc1cnc(Nc2ccc3c(c2)c(C(=O)C(F)(F)F)cn3C)nc1-n1cc(CN2CC(O)CO2)c(C)n1. The maximum absolute atomic E-state index is 13.1. The number of Topliss-reactive ketones (excluding diaryl/α,β-unsaturated/α-hetero) is 1. The third kappa shape index (κ3) is 4.92. The number of hydroxylamine groups is 2. The first-order chi connectivity index (χ1) is 17.5. The van der Waals surface area contributed by atoms with E-state index in [1.54, 1.807) is 35.1 Å². The molecule has 4 heterocycles. The van der Waals surface area contributed by atoms with Gasteiger partial charge in [0.1, 0.15) is 0 Å². The summed E-state index contributed by atoms with van der Waals surface area (Å²) in [6.07, 6.45) is -0.885. The second-order valence-corrected chi connectivity index (χ2v) is 8.99. The van der Waals surface area contributed by atoms with E-state index in [0.29, 0.717) is 30.1 Å². The van der Waals surface area contributed by atoms with Gasteiger partial charge in [0.15, 0.2) is 5.82 Å². The number of aliphatic hydroxyl groups excluding tert-OH is 1. The molecule has 4 aromatic rings. The number of aryl methyl sites for hydroxylation is 3. The quantitative estimate of drug-likeness (QED) is 0.376. The predicted octanol–water partition coefficient (Wildman–Crippen LogP) is 3.37. The summed E-state index contributed by atoms with van der Waals surface area (Å²) in [4.78, 5) is 26.2. The number of hydrogen-bond acceptors (Lipinski definition) is 8. The summed E-state index contributed by atoms with van der Waals surface area (Å²) in [6.45, 7) is 4.82. The van der Waals surface area contributed by atoms with Crippen molar-refractivity contribution < 1.29 is 27.9 Å². The van der Waals surface area contributed by atoms with Crippen LogP contribution in [0.25, 0.3) is 16.7 Å². The molecule has 1 atom stereocenters. The highest BCUT2D eigenvalue weighted by molar-refractivity contribution is 6.11. The second-order valence-electron chi connectivity index (χ2n) is 8.99. The van der Waals surface area contributed by atoms with Gasteiger partial charge < -0.3 is 15.0 Å². The van der Waals surface area contributed by atoms with E-state index < -0.39 is 23.6 Å². The van der Waals surface area contributed by atoms with Gasteiger partial charge in [-0.05, 0) is 32.0 Å². The Labute approximate surface area is 209 Å². The molecule has 1 saturated heterocycles. The summed E-state index contributed by atoms with van der Waals surface area (Å²) >= 11 is 0. The van der Waals surface area contributed by atoms with Crippen LogP contribution in [0.5, 0.6) is 0 Å². The van der Waals surface area contributed by atoms with Gasteiger partial charge in [0.05, 0.1) is 37.1 Å². The summed E-state index contributed by atoms with van der Waals surface area (Å²) in [7, 11) is 1.58. The number of nitrogens with zero attached hydrogens (tertiary/aromatic N) is 6. The minimum atomic E-state index is -4.98. The van der Waals surface area contributed by atoms with Crippen LogP contribution in [-0.2, 0) is 18.4 Å². The van der Waals surface area contributed by atoms with Crippen molar-refractivity contribution in [3.63, 3.8) is 0 Å². The molecule has 0 aliphatic carbocycles. The monoisotopic (exact) mass is 515 g/mol. The first-order valence-electron chi connectivity index (χ1n) is 11.4. The van der Waals surface area contributed by atoms with Crippen molar-refractivity contribution in [2.24, 2.45) is 7.05 Å². The highest BCUT2D eigenvalue weighted by atomic mass is 19.4. The van der Waals surface area contributed by atoms with Gasteiger partial charge >= 0.3 is 6.18 Å². The molecular weight excluding hydrogens is 491 g/mol. The number of rotatable bonds is 6. The molecule has 0 spiro atoms. The molecule has 0 amide bonds. The number of aromatic nitrogens is 5. The number of nitrogens with one attached hydrogen (secondary N) is 1. The number of anilines is 2. The fourth-order valence-corrected chi connectivity index (χ4v) is 4.25. The standard InChI is InChI=1S/C24H24F3N7O3/c1-13-7-28-23(30-22(13)34-9-15(14(2)31-34)8-33-10-17(35)12-37-33)29-16-4-5-20-18(6-16)19(11-32(20)3)21(36)24(25,26)27/h4-7,9,11,17,35H,8,10,12H2,1-3H3,(H,28,29,30). The predicted molar refractivity (Wildman–Crippen MR) is 128 cm³/mol. The first kappa shape index (κ1) is 24.9. The number of halogens is 3. The van der Waals surface area contributed by atoms with E-state index >= 15 is 0 Å². The number of alkyl halides is 3. The molecule has 37 heavy (non-hydrogen) atoms. The lowest BCUT2D eigenvalue weighted by atomic mass is 10.1. The van der Waals surface area contributed by atoms with E-state index in [9.17, 15) is 23.1 Å². The Morgan fingerprint density at radius 3 is 2.76 bits per heavy atom. The molecule has 10 nitrogen and oxygen atoms in total. The van der Waals surface area contributed by atoms with Gasteiger partial charge in [-0.2, -0.15) is 28.3 Å². The molecule has 1 fully saturated rings. The van der Waals surface area contributed by atoms with Crippen LogP contribution in [0.15, 0.2) is 36.8 Å². The largest absolute Gasteiger partial charge is 0.454 e. The Bertz CT molecular complexity index is 1490. The maximum atomic E-state index is 13.1. The Balaban J connectivity index is 1.42. The van der Waals surface area contributed by atoms with E-state index in [1.807, 2.05) is 20.0 Å². The molecule has 1 aliphatic heterocycles. The molecule has 0 saturated carbocycles. The normalized spacial score (nSPS) is 16.6. The van der Waals surface area contributed by atoms with Gasteiger partial charge in [-0.1, -0.05) is 0 Å². The second kappa shape index (κ2) is 9.25. The summed E-state index contributed by atoms with van der Waals surface area (Å²) in [5.74, 6) is -1.17. The van der Waals surface area contributed by atoms with Crippen molar-refractivity contribution in [1.29, 1.82) is 0 Å². The van der Waals surface area contributed by atoms with E-state index in [4.69, 9.17) is 4.84 Å². The minimum Gasteiger partial charge on any atom is -0.389 e. The maximum Gasteiger partial charge on any atom is 0.454 e. The van der Waals surface area contributed by atoms with Crippen molar-refractivity contribution in [1.82, 2.24) is 29.4 Å². The molecule has 1 unspecified atom stereocenters. The molecule has 0 bridgehead atoms. The average Bonchev–Trinajstić information content (AvgIpc) is 3.51. The van der Waals surface area contributed by atoms with E-state index in [0.717, 1.165) is 16.8 Å². The van der Waals surface area contributed by atoms with Gasteiger partial charge in [0.25, 0.3) is 5.78 Å². The lowest BCUT2D eigenvalue weighted by molar-refractivity contribution is -0.118. The van der Waals surface area contributed by atoms with Crippen LogP contribution < -0.4 is 5.32 Å². The number of fused-ring (bicyclic) bond motifs is 1. The topological polar surface area (TPSA) is 110 Å². The van der Waals surface area contributed by atoms with Gasteiger partial charge in [-0.25, -0.2) is 9.67 Å². The number of benzene rings is 1. The fraction of sp³-hybridized carbons (Fsp3) is 0.333. The van der Waals surface area contributed by atoms with Crippen molar-refractivity contribution in [2.75, 3.05) is 18.5 Å². The molecule has 3 aromatic heterocycles. The Hall–Kier alpha value is -3.81. The summed E-state index contributed by atoms with van der Waals surface area (Å²) in [5, 5.41) is 19.1. The number of hydrogen-bond donors (Lipinski definition) is 2. The zero-order chi connectivity index (χ0) is 26.5. The van der Waals surface area contributed by atoms with Gasteiger partial charge in [-0.3, -0.25) is 9.63 Å². The Morgan fingerprint density at radius 1 is 1.27 bits per heavy atom. The van der Waals surface area contributed by atoms with Gasteiger partial charge in [0, 0.05) is 53.4 Å². The number of carbonyl (C=O) groups is 1. The summed E-state index contributed by atoms with van der Waals surface area (Å²) < 4.78 is 42.4. The highest BCUT2D eigenvalue weighted by Crippen LogP contribution is 2.30. The Morgan fingerprint density at radius 2 is 2.05 bits per heavy atom. The van der Waals surface area contributed by atoms with Crippen molar-refractivity contribution in [3.05, 3.63) is 59.2 Å². The third-order valence-electron chi connectivity index (χ3n) is 6.12. The average molecular weight is 515 g/mol. The Kier molecular flexibility index (Phi) is 6.22. The summed E-state index contributed by atoms with van der Waals surface area (Å²) in [6, 6.07) is 4.77. The number of β-amino-alcohol motifs (C(OH)–C–C–N with tert-alkyl or cyclic N) is 1. The molecular formula is C24H24F3N7O3. The van der Waals surface area contributed by atoms with Crippen LogP contribution in [0.1, 0.15) is 27.2 Å². The lowest BCUT2D eigenvalue weighted by Crippen LogP contribution is -2.22. The number of carbonyl (C=O) groups excluding carboxylic acids is 1. The molecule has 0 radical (unpaired) electrons. The van der Waals surface area contributed by atoms with Crippen molar-refractivity contribution in [3.8, 4) is 5.82 Å². The molecule has 5 rings (SSSR count). The number of aliphatic hydroxyl groups is 1. The molecule has 2 N–H and O–H groups in total. The van der Waals surface area contributed by atoms with E-state index in [1.165, 1.54) is 16.8 Å². The van der Waals surface area contributed by atoms with Crippen molar-refractivity contribution >= 4 is 28.3 Å². The molecule has 194 valence electrons. The molecule has 13 heteroatoms. The first-order valence-corrected chi connectivity index (χ1v) is 11.4. The zero-order valence-corrected chi connectivity index (χ0v) is 20.2. The van der Waals surface area contributed by atoms with Crippen LogP contribution >= 0.6 is 0 Å². The van der Waals surface area contributed by atoms with Crippen molar-refractivity contribution in [2.45, 2.75) is 32.7 Å². The fourth-order valence-electron chi connectivity index (χ4n) is 4.25. The van der Waals surface area contributed by atoms with Crippen LogP contribution in [0.2, 0.25) is 0 Å². The van der Waals surface area contributed by atoms with Crippen LogP contribution in [0.4, 0.5) is 24.8 Å². The minimum absolute atomic E-state index is 0.170. The smallest absolute Gasteiger partial charge is 0.389 e. The summed E-state index contributed by atoms with van der Waals surface area (Å²) in [5.41, 5.74) is 2.91. The van der Waals surface area contributed by atoms with Gasteiger partial charge in [0.2, 0.25) is 5.95 Å². The number of ketones is 1. The molecule has 1 aliphatic rings. The lowest BCUT2D eigenvalue weighted by Gasteiger charge is -2.12. The van der Waals surface area contributed by atoms with E-state index in [2.05, 4.69) is 20.4 Å². The van der Waals surface area contributed by atoms with Crippen LogP contribution in [0.3, 0.4) is 0 Å².